The summed E-state index contributed by atoms with van der Waals surface area (Å²) in [6.45, 7) is 7.92. The molecule has 2 heteroatoms. The molecule has 0 amide bonds. The Morgan fingerprint density at radius 1 is 1.05 bits per heavy atom. The van der Waals surface area contributed by atoms with E-state index in [9.17, 15) is 4.79 Å². The van der Waals surface area contributed by atoms with Crippen molar-refractivity contribution in [2.24, 2.45) is 0 Å². The largest absolute Gasteiger partial charge is 0.300 e. The number of carbonyl (C=O) groups excluding carboxylic acids is 1. The van der Waals surface area contributed by atoms with Gasteiger partial charge in [-0.3, -0.25) is 9.69 Å². The molecular formula is C20H37NO. The first-order valence-electron chi connectivity index (χ1n) is 9.58. The predicted molar refractivity (Wildman–Crippen MR) is 96.3 cm³/mol. The second-order valence-corrected chi connectivity index (χ2v) is 7.00. The minimum Gasteiger partial charge on any atom is -0.300 e. The van der Waals surface area contributed by atoms with Crippen molar-refractivity contribution in [2.45, 2.75) is 96.4 Å². The van der Waals surface area contributed by atoms with Crippen molar-refractivity contribution in [3.63, 3.8) is 0 Å². The van der Waals surface area contributed by atoms with Gasteiger partial charge in [-0.15, -0.1) is 6.58 Å². The topological polar surface area (TPSA) is 20.3 Å². The minimum atomic E-state index is 0.358. The molecule has 2 nitrogen and oxygen atoms in total. The highest BCUT2D eigenvalue weighted by Crippen LogP contribution is 2.20. The third-order valence-electron chi connectivity index (χ3n) is 4.88. The summed E-state index contributed by atoms with van der Waals surface area (Å²) in [4.78, 5) is 14.1. The summed E-state index contributed by atoms with van der Waals surface area (Å²) in [6, 6.07) is 0.527. The average Bonchev–Trinajstić information content (AvgIpc) is 2.70. The van der Waals surface area contributed by atoms with Gasteiger partial charge in [-0.1, -0.05) is 51.0 Å². The molecule has 0 aromatic carbocycles. The molecule has 1 aliphatic rings. The molecule has 1 unspecified atom stereocenters. The smallest absolute Gasteiger partial charge is 0.131 e. The fraction of sp³-hybridized carbons (Fsp3) is 0.850. The Balaban J connectivity index is 2.10. The second-order valence-electron chi connectivity index (χ2n) is 7.00. The molecular weight excluding hydrogens is 270 g/mol. The van der Waals surface area contributed by atoms with E-state index in [1.54, 1.807) is 6.92 Å². The highest BCUT2D eigenvalue weighted by molar-refractivity contribution is 5.76. The van der Waals surface area contributed by atoms with E-state index in [4.69, 9.17) is 0 Å². The fourth-order valence-electron chi connectivity index (χ4n) is 3.58. The molecule has 0 spiro atoms. The zero-order valence-electron chi connectivity index (χ0n) is 14.8. The van der Waals surface area contributed by atoms with Crippen LogP contribution in [0.1, 0.15) is 90.4 Å². The number of hydrogen-bond acceptors (Lipinski definition) is 2. The molecule has 0 aliphatic carbocycles. The summed E-state index contributed by atoms with van der Waals surface area (Å²) in [6.07, 6.45) is 18.6. The van der Waals surface area contributed by atoms with Crippen molar-refractivity contribution in [3.8, 4) is 0 Å². The van der Waals surface area contributed by atoms with Crippen molar-refractivity contribution < 1.29 is 4.79 Å². The lowest BCUT2D eigenvalue weighted by Crippen LogP contribution is -2.36. The van der Waals surface area contributed by atoms with E-state index in [2.05, 4.69) is 11.5 Å². The SMILES string of the molecule is C=CCCCCCCCCCN1CCCCCC1CC(C)=O. The Bertz CT molecular complexity index is 300. The van der Waals surface area contributed by atoms with Gasteiger partial charge in [0.1, 0.15) is 5.78 Å². The Morgan fingerprint density at radius 3 is 2.41 bits per heavy atom. The van der Waals surface area contributed by atoms with E-state index < -0.39 is 0 Å². The van der Waals surface area contributed by atoms with E-state index >= 15 is 0 Å². The van der Waals surface area contributed by atoms with Crippen LogP contribution in [0.3, 0.4) is 0 Å². The minimum absolute atomic E-state index is 0.358. The summed E-state index contributed by atoms with van der Waals surface area (Å²) in [5, 5.41) is 0. The van der Waals surface area contributed by atoms with Gasteiger partial charge < -0.3 is 0 Å². The summed E-state index contributed by atoms with van der Waals surface area (Å²) >= 11 is 0. The number of ketones is 1. The third-order valence-corrected chi connectivity index (χ3v) is 4.88. The van der Waals surface area contributed by atoms with Gasteiger partial charge in [-0.2, -0.15) is 0 Å². The standard InChI is InChI=1S/C20H37NO/c1-3-4-5-6-7-8-9-10-13-16-21-17-14-11-12-15-20(21)18-19(2)22/h3,20H,1,4-18H2,2H3. The van der Waals surface area contributed by atoms with Gasteiger partial charge in [-0.05, 0) is 52.1 Å². The molecule has 128 valence electrons. The molecule has 0 aromatic rings. The summed E-state index contributed by atoms with van der Waals surface area (Å²) in [5.74, 6) is 0.358. The van der Waals surface area contributed by atoms with Gasteiger partial charge in [0.2, 0.25) is 0 Å². The predicted octanol–water partition coefficient (Wildman–Crippen LogP) is 5.52. The molecule has 0 saturated carbocycles. The highest BCUT2D eigenvalue weighted by atomic mass is 16.1. The van der Waals surface area contributed by atoms with Crippen LogP contribution in [-0.4, -0.2) is 29.8 Å². The van der Waals surface area contributed by atoms with E-state index in [0.717, 1.165) is 6.42 Å². The van der Waals surface area contributed by atoms with Crippen molar-refractivity contribution in [1.29, 1.82) is 0 Å². The number of allylic oxidation sites excluding steroid dienone is 1. The van der Waals surface area contributed by atoms with Crippen LogP contribution in [0.25, 0.3) is 0 Å². The lowest BCUT2D eigenvalue weighted by Gasteiger charge is -2.29. The summed E-state index contributed by atoms with van der Waals surface area (Å²) < 4.78 is 0. The van der Waals surface area contributed by atoms with Crippen molar-refractivity contribution in [2.75, 3.05) is 13.1 Å². The summed E-state index contributed by atoms with van der Waals surface area (Å²) in [5.41, 5.74) is 0. The lowest BCUT2D eigenvalue weighted by molar-refractivity contribution is -0.118. The first kappa shape index (κ1) is 19.4. The van der Waals surface area contributed by atoms with Crippen LogP contribution in [0.15, 0.2) is 12.7 Å². The quantitative estimate of drug-likeness (QED) is 0.349. The van der Waals surface area contributed by atoms with Crippen LogP contribution < -0.4 is 0 Å². The van der Waals surface area contributed by atoms with Crippen LogP contribution in [0.4, 0.5) is 0 Å². The fourth-order valence-corrected chi connectivity index (χ4v) is 3.58. The molecule has 0 bridgehead atoms. The maximum absolute atomic E-state index is 11.5. The monoisotopic (exact) mass is 307 g/mol. The van der Waals surface area contributed by atoms with Gasteiger partial charge in [-0.25, -0.2) is 0 Å². The van der Waals surface area contributed by atoms with Gasteiger partial charge in [0.15, 0.2) is 0 Å². The van der Waals surface area contributed by atoms with Gasteiger partial charge >= 0.3 is 0 Å². The van der Waals surface area contributed by atoms with E-state index in [1.165, 1.54) is 90.1 Å². The third kappa shape index (κ3) is 9.40. The number of rotatable bonds is 12. The molecule has 1 atom stereocenters. The molecule has 1 rings (SSSR count). The number of Topliss-reactive ketones (excluding diaryl/α,β-unsaturated/α-hetero) is 1. The van der Waals surface area contributed by atoms with E-state index in [1.807, 2.05) is 6.08 Å². The molecule has 0 radical (unpaired) electrons. The number of unbranched alkanes of at least 4 members (excludes halogenated alkanes) is 7. The van der Waals surface area contributed by atoms with Crippen molar-refractivity contribution in [3.05, 3.63) is 12.7 Å². The van der Waals surface area contributed by atoms with Gasteiger partial charge in [0.05, 0.1) is 0 Å². The molecule has 0 aromatic heterocycles. The molecule has 0 N–H and O–H groups in total. The average molecular weight is 308 g/mol. The van der Waals surface area contributed by atoms with Crippen LogP contribution in [-0.2, 0) is 4.79 Å². The van der Waals surface area contributed by atoms with Crippen LogP contribution in [0.2, 0.25) is 0 Å². The maximum Gasteiger partial charge on any atom is 0.131 e. The van der Waals surface area contributed by atoms with E-state index in [0.29, 0.717) is 11.8 Å². The normalized spacial score (nSPS) is 19.8. The zero-order valence-corrected chi connectivity index (χ0v) is 14.8. The maximum atomic E-state index is 11.5. The highest BCUT2D eigenvalue weighted by Gasteiger charge is 2.21. The van der Waals surface area contributed by atoms with Gasteiger partial charge in [0, 0.05) is 12.5 Å². The summed E-state index contributed by atoms with van der Waals surface area (Å²) in [7, 11) is 0. The molecule has 1 heterocycles. The van der Waals surface area contributed by atoms with Crippen molar-refractivity contribution >= 4 is 5.78 Å². The second kappa shape index (κ2) is 12.9. The van der Waals surface area contributed by atoms with Gasteiger partial charge in [0.25, 0.3) is 0 Å². The molecule has 22 heavy (non-hydrogen) atoms. The first-order valence-corrected chi connectivity index (χ1v) is 9.58. The van der Waals surface area contributed by atoms with E-state index in [-0.39, 0.29) is 0 Å². The zero-order chi connectivity index (χ0) is 16.0. The Hall–Kier alpha value is -0.630. The molecule has 1 fully saturated rings. The number of likely N-dealkylation sites (tertiary alicyclic amines) is 1. The Labute approximate surface area is 138 Å². The van der Waals surface area contributed by atoms with Crippen molar-refractivity contribution in [1.82, 2.24) is 4.90 Å². The van der Waals surface area contributed by atoms with Crippen LogP contribution >= 0.6 is 0 Å². The lowest BCUT2D eigenvalue weighted by atomic mass is 10.0. The number of hydrogen-bond donors (Lipinski definition) is 0. The van der Waals surface area contributed by atoms with Crippen LogP contribution in [0, 0.1) is 0 Å². The number of carbonyl (C=O) groups is 1. The van der Waals surface area contributed by atoms with Crippen LogP contribution in [0.5, 0.6) is 0 Å². The first-order chi connectivity index (χ1) is 10.7. The molecule has 1 saturated heterocycles. The Kier molecular flexibility index (Phi) is 11.4. The Morgan fingerprint density at radius 2 is 1.73 bits per heavy atom. The number of nitrogens with zero attached hydrogens (tertiary/aromatic N) is 1. The molecule has 1 aliphatic heterocycles.